The predicted octanol–water partition coefficient (Wildman–Crippen LogP) is 12.1. The number of hydrogen-bond donors (Lipinski definition) is 0. The zero-order chi connectivity index (χ0) is 28.6. The van der Waals surface area contributed by atoms with Gasteiger partial charge in [0.2, 0.25) is 0 Å². The summed E-state index contributed by atoms with van der Waals surface area (Å²) in [5.41, 5.74) is 6.86. The van der Waals surface area contributed by atoms with Crippen LogP contribution in [0.2, 0.25) is 0 Å². The van der Waals surface area contributed by atoms with Crippen molar-refractivity contribution in [1.82, 2.24) is 0 Å². The minimum atomic E-state index is 1.13. The first-order valence-electron chi connectivity index (χ1n) is 14.5. The number of nitrogens with zero attached hydrogens (tertiary/aromatic N) is 2. The Hall–Kier alpha value is -5.38. The van der Waals surface area contributed by atoms with Crippen molar-refractivity contribution in [2.75, 3.05) is 9.80 Å². The van der Waals surface area contributed by atoms with E-state index >= 15 is 0 Å². The van der Waals surface area contributed by atoms with E-state index in [-0.39, 0.29) is 0 Å². The van der Waals surface area contributed by atoms with Crippen LogP contribution < -0.4 is 9.80 Å². The molecule has 0 saturated carbocycles. The number of para-hydroxylation sites is 4. The summed E-state index contributed by atoms with van der Waals surface area (Å²) >= 11 is 1.87. The summed E-state index contributed by atoms with van der Waals surface area (Å²) < 4.78 is 2.54. The van der Waals surface area contributed by atoms with Crippen LogP contribution in [0.5, 0.6) is 0 Å². The first-order chi connectivity index (χ1) is 21.4. The molecule has 2 nitrogen and oxygen atoms in total. The van der Waals surface area contributed by atoms with E-state index in [1.54, 1.807) is 0 Å². The monoisotopic (exact) mass is 568 g/mol. The molecule has 8 rings (SSSR count). The van der Waals surface area contributed by atoms with Gasteiger partial charge in [-0.3, -0.25) is 0 Å². The van der Waals surface area contributed by atoms with Crippen molar-refractivity contribution in [2.24, 2.45) is 0 Å². The van der Waals surface area contributed by atoms with Gasteiger partial charge < -0.3 is 9.80 Å². The summed E-state index contributed by atoms with van der Waals surface area (Å²) in [5.74, 6) is 0. The van der Waals surface area contributed by atoms with E-state index in [1.807, 2.05) is 11.3 Å². The average molecular weight is 569 g/mol. The molecule has 1 heterocycles. The highest BCUT2D eigenvalue weighted by Gasteiger charge is 2.24. The molecular weight excluding hydrogens is 541 g/mol. The van der Waals surface area contributed by atoms with Gasteiger partial charge in [0.05, 0.1) is 16.1 Å². The molecule has 7 aromatic carbocycles. The summed E-state index contributed by atoms with van der Waals surface area (Å²) in [6.07, 6.45) is 0. The Balaban J connectivity index is 1.51. The van der Waals surface area contributed by atoms with Gasteiger partial charge in [-0.1, -0.05) is 103 Å². The molecule has 0 aliphatic heterocycles. The van der Waals surface area contributed by atoms with Gasteiger partial charge in [-0.05, 0) is 77.5 Å². The fraction of sp³-hybridized carbons (Fsp3) is 0. The molecule has 0 radical (unpaired) electrons. The van der Waals surface area contributed by atoms with E-state index in [0.717, 1.165) is 22.7 Å². The molecule has 0 spiro atoms. The Morgan fingerprint density at radius 2 is 0.791 bits per heavy atom. The normalized spacial score (nSPS) is 11.3. The van der Waals surface area contributed by atoms with Crippen molar-refractivity contribution in [3.8, 4) is 0 Å². The van der Waals surface area contributed by atoms with Gasteiger partial charge in [-0.2, -0.15) is 0 Å². The molecule has 0 saturated heterocycles. The fourth-order valence-electron chi connectivity index (χ4n) is 6.14. The second-order valence-electron chi connectivity index (χ2n) is 10.6. The van der Waals surface area contributed by atoms with E-state index < -0.39 is 0 Å². The predicted molar refractivity (Wildman–Crippen MR) is 186 cm³/mol. The van der Waals surface area contributed by atoms with Crippen molar-refractivity contribution in [2.45, 2.75) is 0 Å². The lowest BCUT2D eigenvalue weighted by molar-refractivity contribution is 1.28. The maximum absolute atomic E-state index is 2.40. The second-order valence-corrected chi connectivity index (χ2v) is 11.6. The van der Waals surface area contributed by atoms with Crippen molar-refractivity contribution in [3.63, 3.8) is 0 Å². The number of anilines is 6. The number of rotatable bonds is 6. The summed E-state index contributed by atoms with van der Waals surface area (Å²) in [4.78, 5) is 4.79. The minimum Gasteiger partial charge on any atom is -0.310 e. The smallest absolute Gasteiger partial charge is 0.0641 e. The molecule has 0 atom stereocenters. The second kappa shape index (κ2) is 10.8. The first kappa shape index (κ1) is 25.3. The molecule has 204 valence electrons. The molecule has 0 fully saturated rings. The number of fused-ring (bicyclic) bond motifs is 5. The van der Waals surface area contributed by atoms with Crippen LogP contribution in [-0.2, 0) is 0 Å². The Morgan fingerprint density at radius 3 is 1.33 bits per heavy atom. The standard InChI is InChI=1S/C40H28N2S/c1-5-16-30(17-6-1)41(31-18-7-2-8-19-31)35-26-27-36(42(32-20-9-3-10-21-32)33-22-11-4-12-23-33)40-39(35)38-34-24-14-13-15-29(34)25-28-37(38)43-40/h1-28H. The van der Waals surface area contributed by atoms with E-state index in [4.69, 9.17) is 0 Å². The molecule has 0 bridgehead atoms. The molecule has 0 unspecified atom stereocenters. The summed E-state index contributed by atoms with van der Waals surface area (Å²) in [6, 6.07) is 60.7. The fourth-order valence-corrected chi connectivity index (χ4v) is 7.38. The topological polar surface area (TPSA) is 6.48 Å². The van der Waals surface area contributed by atoms with Crippen molar-refractivity contribution >= 4 is 76.4 Å². The van der Waals surface area contributed by atoms with Crippen LogP contribution >= 0.6 is 11.3 Å². The van der Waals surface area contributed by atoms with Gasteiger partial charge in [0, 0.05) is 38.2 Å². The Morgan fingerprint density at radius 1 is 0.349 bits per heavy atom. The number of thiophene rings is 1. The maximum Gasteiger partial charge on any atom is 0.0641 e. The SMILES string of the molecule is c1ccc(N(c2ccccc2)c2ccc(N(c3ccccc3)c3ccccc3)c3c2sc2ccc4ccccc4c23)cc1. The first-order valence-corrected chi connectivity index (χ1v) is 15.4. The molecular formula is C40H28N2S. The molecule has 0 amide bonds. The van der Waals surface area contributed by atoms with Crippen molar-refractivity contribution in [1.29, 1.82) is 0 Å². The van der Waals surface area contributed by atoms with Gasteiger partial charge in [0.15, 0.2) is 0 Å². The molecule has 0 aliphatic carbocycles. The molecule has 0 aliphatic rings. The zero-order valence-electron chi connectivity index (χ0n) is 23.5. The molecule has 3 heteroatoms. The Kier molecular flexibility index (Phi) is 6.36. The minimum absolute atomic E-state index is 1.13. The lowest BCUT2D eigenvalue weighted by atomic mass is 10.0. The molecule has 8 aromatic rings. The number of benzene rings is 7. The lowest BCUT2D eigenvalue weighted by Crippen LogP contribution is -2.12. The molecule has 43 heavy (non-hydrogen) atoms. The maximum atomic E-state index is 2.40. The molecule has 1 aromatic heterocycles. The lowest BCUT2D eigenvalue weighted by Gasteiger charge is -2.29. The van der Waals surface area contributed by atoms with Crippen LogP contribution in [0.1, 0.15) is 0 Å². The largest absolute Gasteiger partial charge is 0.310 e. The zero-order valence-corrected chi connectivity index (χ0v) is 24.3. The van der Waals surface area contributed by atoms with Gasteiger partial charge in [-0.15, -0.1) is 11.3 Å². The highest BCUT2D eigenvalue weighted by atomic mass is 32.1. The van der Waals surface area contributed by atoms with E-state index in [9.17, 15) is 0 Å². The summed E-state index contributed by atoms with van der Waals surface area (Å²) in [6.45, 7) is 0. The highest BCUT2D eigenvalue weighted by Crippen LogP contribution is 2.51. The summed E-state index contributed by atoms with van der Waals surface area (Å²) in [7, 11) is 0. The van der Waals surface area contributed by atoms with Crippen molar-refractivity contribution < 1.29 is 0 Å². The van der Waals surface area contributed by atoms with Crippen LogP contribution in [0, 0.1) is 0 Å². The van der Waals surface area contributed by atoms with Crippen LogP contribution in [0.4, 0.5) is 34.1 Å². The average Bonchev–Trinajstić information content (AvgIpc) is 3.49. The van der Waals surface area contributed by atoms with E-state index in [2.05, 4.69) is 180 Å². The third-order valence-corrected chi connectivity index (χ3v) is 9.18. The highest BCUT2D eigenvalue weighted by molar-refractivity contribution is 7.26. The van der Waals surface area contributed by atoms with Crippen LogP contribution in [0.15, 0.2) is 170 Å². The van der Waals surface area contributed by atoms with Gasteiger partial charge >= 0.3 is 0 Å². The van der Waals surface area contributed by atoms with E-state index in [0.29, 0.717) is 0 Å². The third kappa shape index (κ3) is 4.42. The number of hydrogen-bond acceptors (Lipinski definition) is 3. The quantitative estimate of drug-likeness (QED) is 0.197. The van der Waals surface area contributed by atoms with Crippen molar-refractivity contribution in [3.05, 3.63) is 170 Å². The Bertz CT molecular complexity index is 2090. The summed E-state index contributed by atoms with van der Waals surface area (Å²) in [5, 5.41) is 5.09. The molecule has 0 N–H and O–H groups in total. The Labute approximate surface area is 255 Å². The van der Waals surface area contributed by atoms with Crippen LogP contribution in [-0.4, -0.2) is 0 Å². The third-order valence-electron chi connectivity index (χ3n) is 8.01. The van der Waals surface area contributed by atoms with Crippen LogP contribution in [0.25, 0.3) is 30.9 Å². The van der Waals surface area contributed by atoms with Gasteiger partial charge in [-0.25, -0.2) is 0 Å². The van der Waals surface area contributed by atoms with Crippen LogP contribution in [0.3, 0.4) is 0 Å². The van der Waals surface area contributed by atoms with E-state index in [1.165, 1.54) is 42.3 Å². The van der Waals surface area contributed by atoms with Gasteiger partial charge in [0.25, 0.3) is 0 Å². The van der Waals surface area contributed by atoms with Gasteiger partial charge in [0.1, 0.15) is 0 Å².